The third-order valence-corrected chi connectivity index (χ3v) is 4.61. The molecule has 3 rings (SSSR count). The zero-order chi connectivity index (χ0) is 25.2. The van der Waals surface area contributed by atoms with Crippen molar-refractivity contribution >= 4 is 23.8 Å². The van der Waals surface area contributed by atoms with E-state index in [1.54, 1.807) is 48.5 Å². The van der Waals surface area contributed by atoms with E-state index in [0.717, 1.165) is 0 Å². The maximum Gasteiger partial charge on any atom is 0.343 e. The summed E-state index contributed by atoms with van der Waals surface area (Å²) in [6, 6.07) is 18.6. The van der Waals surface area contributed by atoms with Crippen molar-refractivity contribution in [1.82, 2.24) is 5.43 Å². The number of hydrogen-bond acceptors (Lipinski definition) is 8. The van der Waals surface area contributed by atoms with Gasteiger partial charge < -0.3 is 14.2 Å². The summed E-state index contributed by atoms with van der Waals surface area (Å²) in [5, 5.41) is 14.6. The van der Waals surface area contributed by atoms with Crippen molar-refractivity contribution in [3.05, 3.63) is 94.0 Å². The van der Waals surface area contributed by atoms with Gasteiger partial charge in [0, 0.05) is 12.1 Å². The van der Waals surface area contributed by atoms with Crippen LogP contribution in [0.2, 0.25) is 0 Å². The number of carbonyl (C=O) groups is 2. The van der Waals surface area contributed by atoms with Crippen molar-refractivity contribution in [2.24, 2.45) is 5.10 Å². The molecule has 10 nitrogen and oxygen atoms in total. The minimum absolute atomic E-state index is 0.0731. The topological polar surface area (TPSA) is 129 Å². The van der Waals surface area contributed by atoms with E-state index in [1.807, 2.05) is 6.92 Å². The molecule has 0 aliphatic rings. The Labute approximate surface area is 201 Å². The van der Waals surface area contributed by atoms with E-state index in [4.69, 9.17) is 14.2 Å². The van der Waals surface area contributed by atoms with Gasteiger partial charge in [0.05, 0.1) is 23.3 Å². The molecular formula is C25H23N3O7. The highest BCUT2D eigenvalue weighted by molar-refractivity contribution is 5.91. The molecule has 0 aliphatic carbocycles. The Morgan fingerprint density at radius 1 is 0.971 bits per heavy atom. The lowest BCUT2D eigenvalue weighted by molar-refractivity contribution is -0.384. The molecule has 0 spiro atoms. The lowest BCUT2D eigenvalue weighted by Gasteiger charge is -2.12. The fraction of sp³-hybridized carbons (Fsp3) is 0.160. The number of hydrazone groups is 1. The molecule has 0 saturated carbocycles. The molecule has 10 heteroatoms. The van der Waals surface area contributed by atoms with Crippen LogP contribution in [0.3, 0.4) is 0 Å². The monoisotopic (exact) mass is 477 g/mol. The summed E-state index contributed by atoms with van der Waals surface area (Å²) in [6.45, 7) is 3.95. The average molecular weight is 477 g/mol. The van der Waals surface area contributed by atoms with E-state index in [9.17, 15) is 19.7 Å². The van der Waals surface area contributed by atoms with Crippen molar-refractivity contribution in [3.63, 3.8) is 0 Å². The normalized spacial score (nSPS) is 11.5. The van der Waals surface area contributed by atoms with Crippen LogP contribution in [0, 0.1) is 10.1 Å². The van der Waals surface area contributed by atoms with Crippen LogP contribution in [0.15, 0.2) is 77.9 Å². The van der Waals surface area contributed by atoms with Crippen LogP contribution in [0.1, 0.15) is 29.8 Å². The quantitative estimate of drug-likeness (QED) is 0.153. The second-order valence-electron chi connectivity index (χ2n) is 7.16. The number of hydrogen-bond donors (Lipinski definition) is 1. The number of ether oxygens (including phenoxy) is 3. The number of nitro groups is 1. The zero-order valence-corrected chi connectivity index (χ0v) is 19.0. The third kappa shape index (κ3) is 7.39. The highest BCUT2D eigenvalue weighted by Crippen LogP contribution is 2.19. The van der Waals surface area contributed by atoms with Crippen LogP contribution < -0.4 is 19.6 Å². The van der Waals surface area contributed by atoms with Crippen molar-refractivity contribution in [2.45, 2.75) is 20.0 Å². The number of nitrogens with one attached hydrogen (secondary N) is 1. The first-order valence-electron chi connectivity index (χ1n) is 10.6. The van der Waals surface area contributed by atoms with Crippen LogP contribution in [-0.2, 0) is 4.79 Å². The summed E-state index contributed by atoms with van der Waals surface area (Å²) in [5.74, 6) is 0.351. The van der Waals surface area contributed by atoms with Gasteiger partial charge in [-0.2, -0.15) is 5.10 Å². The predicted octanol–water partition coefficient (Wildman–Crippen LogP) is 4.13. The molecule has 0 bridgehead atoms. The van der Waals surface area contributed by atoms with Gasteiger partial charge in [-0.3, -0.25) is 14.9 Å². The van der Waals surface area contributed by atoms with Crippen molar-refractivity contribution < 1.29 is 28.7 Å². The van der Waals surface area contributed by atoms with Gasteiger partial charge in [-0.25, -0.2) is 10.2 Å². The number of amides is 1. The number of rotatable bonds is 10. The lowest BCUT2D eigenvalue weighted by atomic mass is 10.2. The molecule has 1 N–H and O–H groups in total. The molecule has 0 aliphatic heterocycles. The Bertz CT molecular complexity index is 1190. The minimum Gasteiger partial charge on any atom is -0.494 e. The average Bonchev–Trinajstić information content (AvgIpc) is 2.86. The summed E-state index contributed by atoms with van der Waals surface area (Å²) in [6.07, 6.45) is 0.548. The van der Waals surface area contributed by atoms with Crippen LogP contribution in [0.25, 0.3) is 0 Å². The Hall–Kier alpha value is -4.73. The van der Waals surface area contributed by atoms with Gasteiger partial charge in [-0.1, -0.05) is 0 Å². The van der Waals surface area contributed by atoms with Gasteiger partial charge in [-0.15, -0.1) is 0 Å². The molecule has 3 aromatic carbocycles. The van der Waals surface area contributed by atoms with Crippen LogP contribution in [0.4, 0.5) is 5.69 Å². The Morgan fingerprint density at radius 2 is 1.57 bits per heavy atom. The van der Waals surface area contributed by atoms with E-state index in [1.165, 1.54) is 37.4 Å². The summed E-state index contributed by atoms with van der Waals surface area (Å²) >= 11 is 0. The van der Waals surface area contributed by atoms with Crippen molar-refractivity contribution in [1.29, 1.82) is 0 Å². The van der Waals surface area contributed by atoms with Gasteiger partial charge >= 0.3 is 5.97 Å². The molecule has 0 heterocycles. The maximum atomic E-state index is 12.3. The molecule has 1 amide bonds. The second-order valence-corrected chi connectivity index (χ2v) is 7.16. The summed E-state index contributed by atoms with van der Waals surface area (Å²) in [7, 11) is 0. The lowest BCUT2D eigenvalue weighted by Crippen LogP contribution is -2.33. The second kappa shape index (κ2) is 11.9. The van der Waals surface area contributed by atoms with E-state index >= 15 is 0 Å². The molecule has 0 fully saturated rings. The third-order valence-electron chi connectivity index (χ3n) is 4.61. The van der Waals surface area contributed by atoms with Crippen LogP contribution in [-0.4, -0.2) is 35.7 Å². The summed E-state index contributed by atoms with van der Waals surface area (Å²) in [4.78, 5) is 34.6. The fourth-order valence-electron chi connectivity index (χ4n) is 2.81. The number of nitro benzene ring substituents is 1. The molecule has 35 heavy (non-hydrogen) atoms. The van der Waals surface area contributed by atoms with Gasteiger partial charge in [0.1, 0.15) is 17.2 Å². The van der Waals surface area contributed by atoms with E-state index in [-0.39, 0.29) is 5.69 Å². The summed E-state index contributed by atoms with van der Waals surface area (Å²) in [5.41, 5.74) is 3.35. The maximum absolute atomic E-state index is 12.3. The first kappa shape index (κ1) is 24.9. The number of non-ortho nitro benzene ring substituents is 1. The highest BCUT2D eigenvalue weighted by Gasteiger charge is 2.15. The Balaban J connectivity index is 1.48. The first-order chi connectivity index (χ1) is 16.9. The number of esters is 1. The molecule has 0 aromatic heterocycles. The van der Waals surface area contributed by atoms with E-state index in [2.05, 4.69) is 10.5 Å². The minimum atomic E-state index is -0.877. The molecule has 1 atom stereocenters. The molecule has 180 valence electrons. The smallest absolute Gasteiger partial charge is 0.343 e. The van der Waals surface area contributed by atoms with Gasteiger partial charge in [0.15, 0.2) is 6.10 Å². The highest BCUT2D eigenvalue weighted by atomic mass is 16.6. The Morgan fingerprint density at radius 3 is 2.17 bits per heavy atom. The first-order valence-corrected chi connectivity index (χ1v) is 10.6. The molecule has 0 saturated heterocycles. The SMILES string of the molecule is CCOc1ccc(C(=O)Oc2ccc(/C=N\NC(=O)[C@H](C)Oc3ccc([N+](=O)[O-])cc3)cc2)cc1. The van der Waals surface area contributed by atoms with E-state index < -0.39 is 22.9 Å². The number of benzene rings is 3. The zero-order valence-electron chi connectivity index (χ0n) is 19.0. The predicted molar refractivity (Wildman–Crippen MR) is 128 cm³/mol. The number of nitrogens with zero attached hydrogens (tertiary/aromatic N) is 2. The standard InChI is InChI=1S/C25H23N3O7/c1-3-33-21-12-6-19(7-13-21)25(30)35-23-10-4-18(5-11-23)16-26-27-24(29)17(2)34-22-14-8-20(9-15-22)28(31)32/h4-17H,3H2,1-2H3,(H,27,29)/b26-16-/t17-/m0/s1. The molecular weight excluding hydrogens is 454 g/mol. The molecule has 0 unspecified atom stereocenters. The van der Waals surface area contributed by atoms with Gasteiger partial charge in [0.2, 0.25) is 0 Å². The summed E-state index contributed by atoms with van der Waals surface area (Å²) < 4.78 is 16.2. The molecule has 3 aromatic rings. The van der Waals surface area contributed by atoms with E-state index in [0.29, 0.717) is 35.0 Å². The van der Waals surface area contributed by atoms with Crippen LogP contribution in [0.5, 0.6) is 17.2 Å². The van der Waals surface area contributed by atoms with Crippen molar-refractivity contribution in [3.8, 4) is 17.2 Å². The molecule has 0 radical (unpaired) electrons. The largest absolute Gasteiger partial charge is 0.494 e. The number of carbonyl (C=O) groups excluding carboxylic acids is 2. The van der Waals surface area contributed by atoms with Gasteiger partial charge in [0.25, 0.3) is 11.6 Å². The van der Waals surface area contributed by atoms with Crippen molar-refractivity contribution in [2.75, 3.05) is 6.61 Å². The Kier molecular flexibility index (Phi) is 8.49. The van der Waals surface area contributed by atoms with Gasteiger partial charge in [-0.05, 0) is 80.1 Å². The van der Waals surface area contributed by atoms with Crippen LogP contribution >= 0.6 is 0 Å². The fourth-order valence-corrected chi connectivity index (χ4v) is 2.81.